The van der Waals surface area contributed by atoms with E-state index in [2.05, 4.69) is 12.2 Å². The Balaban J connectivity index is 2.05. The van der Waals surface area contributed by atoms with Gasteiger partial charge in [0.05, 0.1) is 19.8 Å². The fourth-order valence-electron chi connectivity index (χ4n) is 3.06. The number of rotatable bonds is 5. The molecule has 0 radical (unpaired) electrons. The highest BCUT2D eigenvalue weighted by Crippen LogP contribution is 2.37. The molecule has 1 N–H and O–H groups in total. The molecule has 2 aliphatic heterocycles. The average Bonchev–Trinajstić information content (AvgIpc) is 2.39. The van der Waals surface area contributed by atoms with Gasteiger partial charge in [0.1, 0.15) is 5.84 Å². The summed E-state index contributed by atoms with van der Waals surface area (Å²) in [4.78, 5) is 4.78. The Kier molecular flexibility index (Phi) is 6.11. The van der Waals surface area contributed by atoms with Gasteiger partial charge in [-0.1, -0.05) is 26.2 Å². The lowest BCUT2D eigenvalue weighted by Gasteiger charge is -2.39. The molecule has 19 heavy (non-hydrogen) atoms. The van der Waals surface area contributed by atoms with Crippen LogP contribution in [0.4, 0.5) is 0 Å². The monoisotopic (exact) mass is 268 g/mol. The van der Waals surface area contributed by atoms with E-state index in [0.29, 0.717) is 0 Å². The number of nitrogens with zero attached hydrogens (tertiary/aromatic N) is 1. The lowest BCUT2D eigenvalue weighted by atomic mass is 9.74. The largest absolute Gasteiger partial charge is 0.381 e. The number of hydrogen-bond donors (Lipinski definition) is 1. The van der Waals surface area contributed by atoms with E-state index in [1.54, 1.807) is 0 Å². The molecule has 0 spiro atoms. The molecule has 1 fully saturated rings. The second-order valence-electron chi connectivity index (χ2n) is 5.62. The highest BCUT2D eigenvalue weighted by atomic mass is 16.5. The lowest BCUT2D eigenvalue weighted by molar-refractivity contribution is 0.0387. The molecule has 0 aromatic rings. The van der Waals surface area contributed by atoms with Crippen molar-refractivity contribution in [1.29, 1.82) is 0 Å². The number of unbranched alkanes of at least 4 members (excludes halogenated alkanes) is 2. The molecular formula is C15H28N2O2. The van der Waals surface area contributed by atoms with Crippen molar-refractivity contribution in [3.8, 4) is 0 Å². The SMILES string of the molecule is CCCCCC1(/C2=N/CCOCCN2)CCOCC1. The molecule has 0 aromatic heterocycles. The molecule has 4 heteroatoms. The van der Waals surface area contributed by atoms with Crippen molar-refractivity contribution in [1.82, 2.24) is 5.32 Å². The fraction of sp³-hybridized carbons (Fsp3) is 0.933. The van der Waals surface area contributed by atoms with Crippen molar-refractivity contribution in [3.63, 3.8) is 0 Å². The van der Waals surface area contributed by atoms with Gasteiger partial charge in [-0.25, -0.2) is 0 Å². The van der Waals surface area contributed by atoms with Crippen molar-refractivity contribution in [2.75, 3.05) is 39.5 Å². The molecule has 0 saturated carbocycles. The van der Waals surface area contributed by atoms with E-state index in [0.717, 1.165) is 52.4 Å². The van der Waals surface area contributed by atoms with E-state index in [1.165, 1.54) is 31.5 Å². The lowest BCUT2D eigenvalue weighted by Crippen LogP contribution is -2.46. The normalized spacial score (nSPS) is 26.7. The van der Waals surface area contributed by atoms with Crippen molar-refractivity contribution < 1.29 is 9.47 Å². The van der Waals surface area contributed by atoms with Gasteiger partial charge in [0.2, 0.25) is 0 Å². The molecule has 0 unspecified atom stereocenters. The second-order valence-corrected chi connectivity index (χ2v) is 5.62. The van der Waals surface area contributed by atoms with Crippen molar-refractivity contribution >= 4 is 5.84 Å². The Labute approximate surface area is 117 Å². The first-order valence-corrected chi connectivity index (χ1v) is 7.82. The zero-order chi connectivity index (χ0) is 13.4. The third-order valence-electron chi connectivity index (χ3n) is 4.26. The summed E-state index contributed by atoms with van der Waals surface area (Å²) in [7, 11) is 0. The Morgan fingerprint density at radius 3 is 2.68 bits per heavy atom. The van der Waals surface area contributed by atoms with E-state index < -0.39 is 0 Å². The molecule has 0 aliphatic carbocycles. The average molecular weight is 268 g/mol. The van der Waals surface area contributed by atoms with Crippen LogP contribution in [0.3, 0.4) is 0 Å². The van der Waals surface area contributed by atoms with E-state index in [-0.39, 0.29) is 5.41 Å². The van der Waals surface area contributed by atoms with Gasteiger partial charge in [0.15, 0.2) is 0 Å². The standard InChI is InChI=1S/C15H28N2O2/c1-2-3-4-5-15(6-10-18-11-7-15)14-16-8-12-19-13-9-17-14/h2-13H2,1H3,(H,16,17). The highest BCUT2D eigenvalue weighted by Gasteiger charge is 2.37. The molecule has 110 valence electrons. The minimum Gasteiger partial charge on any atom is -0.381 e. The summed E-state index contributed by atoms with van der Waals surface area (Å²) < 4.78 is 11.0. The van der Waals surface area contributed by atoms with Crippen molar-refractivity contribution in [2.24, 2.45) is 10.4 Å². The van der Waals surface area contributed by atoms with Crippen LogP contribution >= 0.6 is 0 Å². The third kappa shape index (κ3) is 4.18. The first kappa shape index (κ1) is 14.8. The minimum atomic E-state index is 0.241. The Morgan fingerprint density at radius 1 is 1.11 bits per heavy atom. The molecule has 0 atom stereocenters. The molecule has 0 amide bonds. The van der Waals surface area contributed by atoms with Crippen LogP contribution in [0.25, 0.3) is 0 Å². The topological polar surface area (TPSA) is 42.8 Å². The van der Waals surface area contributed by atoms with E-state index in [4.69, 9.17) is 14.5 Å². The zero-order valence-electron chi connectivity index (χ0n) is 12.2. The Morgan fingerprint density at radius 2 is 1.89 bits per heavy atom. The predicted molar refractivity (Wildman–Crippen MR) is 77.8 cm³/mol. The van der Waals surface area contributed by atoms with Gasteiger partial charge in [-0.05, 0) is 19.3 Å². The van der Waals surface area contributed by atoms with E-state index >= 15 is 0 Å². The summed E-state index contributed by atoms with van der Waals surface area (Å²) in [6, 6.07) is 0. The first-order chi connectivity index (χ1) is 9.37. The van der Waals surface area contributed by atoms with Gasteiger partial charge in [0, 0.05) is 25.2 Å². The zero-order valence-corrected chi connectivity index (χ0v) is 12.2. The molecular weight excluding hydrogens is 240 g/mol. The fourth-order valence-corrected chi connectivity index (χ4v) is 3.06. The first-order valence-electron chi connectivity index (χ1n) is 7.82. The van der Waals surface area contributed by atoms with Gasteiger partial charge in [0.25, 0.3) is 0 Å². The van der Waals surface area contributed by atoms with E-state index in [9.17, 15) is 0 Å². The maximum atomic E-state index is 5.57. The Bertz CT molecular complexity index is 286. The van der Waals surface area contributed by atoms with Gasteiger partial charge in [-0.2, -0.15) is 0 Å². The third-order valence-corrected chi connectivity index (χ3v) is 4.26. The summed E-state index contributed by atoms with van der Waals surface area (Å²) in [5, 5.41) is 3.53. The van der Waals surface area contributed by atoms with E-state index in [1.807, 2.05) is 0 Å². The van der Waals surface area contributed by atoms with Crippen LogP contribution in [-0.4, -0.2) is 45.4 Å². The minimum absolute atomic E-state index is 0.241. The number of nitrogens with one attached hydrogen (secondary N) is 1. The van der Waals surface area contributed by atoms with Crippen LogP contribution < -0.4 is 5.32 Å². The second kappa shape index (κ2) is 7.85. The van der Waals surface area contributed by atoms with Crippen LogP contribution in [0.5, 0.6) is 0 Å². The van der Waals surface area contributed by atoms with Crippen LogP contribution in [0.2, 0.25) is 0 Å². The summed E-state index contributed by atoms with van der Waals surface area (Å²) in [6.07, 6.45) is 7.37. The van der Waals surface area contributed by atoms with Crippen molar-refractivity contribution in [3.05, 3.63) is 0 Å². The van der Waals surface area contributed by atoms with Gasteiger partial charge >= 0.3 is 0 Å². The number of aliphatic imine (C=N–C) groups is 1. The van der Waals surface area contributed by atoms with Gasteiger partial charge in [-0.15, -0.1) is 0 Å². The summed E-state index contributed by atoms with van der Waals surface area (Å²) in [5.41, 5.74) is 0.241. The summed E-state index contributed by atoms with van der Waals surface area (Å²) in [6.45, 7) is 7.24. The molecule has 2 aliphatic rings. The number of ether oxygens (including phenoxy) is 2. The highest BCUT2D eigenvalue weighted by molar-refractivity contribution is 5.88. The predicted octanol–water partition coefficient (Wildman–Crippen LogP) is 2.38. The van der Waals surface area contributed by atoms with Crippen LogP contribution in [0.1, 0.15) is 45.4 Å². The number of hydrogen-bond acceptors (Lipinski definition) is 4. The maximum Gasteiger partial charge on any atom is 0.103 e. The van der Waals surface area contributed by atoms with Crippen molar-refractivity contribution in [2.45, 2.75) is 45.4 Å². The van der Waals surface area contributed by atoms with Gasteiger partial charge in [-0.3, -0.25) is 4.99 Å². The molecule has 0 bridgehead atoms. The van der Waals surface area contributed by atoms with Crippen LogP contribution in [0.15, 0.2) is 4.99 Å². The molecule has 2 heterocycles. The molecule has 1 saturated heterocycles. The number of amidine groups is 1. The molecule has 4 nitrogen and oxygen atoms in total. The summed E-state index contributed by atoms with van der Waals surface area (Å²) in [5.74, 6) is 1.23. The molecule has 0 aromatic carbocycles. The van der Waals surface area contributed by atoms with Crippen LogP contribution in [0, 0.1) is 5.41 Å². The van der Waals surface area contributed by atoms with Crippen LogP contribution in [-0.2, 0) is 9.47 Å². The maximum absolute atomic E-state index is 5.57. The summed E-state index contributed by atoms with van der Waals surface area (Å²) >= 11 is 0. The quantitative estimate of drug-likeness (QED) is 0.779. The molecule has 2 rings (SSSR count). The smallest absolute Gasteiger partial charge is 0.103 e. The Hall–Kier alpha value is -0.610. The van der Waals surface area contributed by atoms with Gasteiger partial charge < -0.3 is 14.8 Å².